The van der Waals surface area contributed by atoms with Gasteiger partial charge in [-0.05, 0) is 13.3 Å². The summed E-state index contributed by atoms with van der Waals surface area (Å²) in [6.45, 7) is 4.45. The fourth-order valence-corrected chi connectivity index (χ4v) is 1.33. The van der Waals surface area contributed by atoms with Gasteiger partial charge in [0.2, 0.25) is 0 Å². The van der Waals surface area contributed by atoms with E-state index in [4.69, 9.17) is 12.2 Å². The SMILES string of the molecule is CC(=O)SCCCN(C)C(C)=S. The van der Waals surface area contributed by atoms with E-state index in [0.717, 1.165) is 23.7 Å². The third-order valence-electron chi connectivity index (χ3n) is 1.48. The summed E-state index contributed by atoms with van der Waals surface area (Å²) in [5.74, 6) is 0.891. The molecular weight excluding hydrogens is 190 g/mol. The van der Waals surface area contributed by atoms with Crippen molar-refractivity contribution in [3.8, 4) is 0 Å². The van der Waals surface area contributed by atoms with E-state index in [1.165, 1.54) is 11.8 Å². The highest BCUT2D eigenvalue weighted by Crippen LogP contribution is 2.03. The Morgan fingerprint density at radius 1 is 1.50 bits per heavy atom. The van der Waals surface area contributed by atoms with E-state index < -0.39 is 0 Å². The average Bonchev–Trinajstić information content (AvgIpc) is 1.97. The van der Waals surface area contributed by atoms with E-state index >= 15 is 0 Å². The number of carbonyl (C=O) groups is 1. The molecule has 0 fully saturated rings. The fourth-order valence-electron chi connectivity index (χ4n) is 0.675. The van der Waals surface area contributed by atoms with Crippen molar-refractivity contribution in [1.82, 2.24) is 4.90 Å². The molecule has 70 valence electrons. The van der Waals surface area contributed by atoms with Crippen LogP contribution in [0.4, 0.5) is 0 Å². The quantitative estimate of drug-likeness (QED) is 0.516. The molecule has 0 atom stereocenters. The Morgan fingerprint density at radius 2 is 2.08 bits per heavy atom. The molecule has 0 rings (SSSR count). The summed E-state index contributed by atoms with van der Waals surface area (Å²) in [4.78, 5) is 13.5. The molecule has 0 spiro atoms. The largest absolute Gasteiger partial charge is 0.369 e. The highest BCUT2D eigenvalue weighted by atomic mass is 32.2. The summed E-state index contributed by atoms with van der Waals surface area (Å²) in [5, 5.41) is 0.191. The van der Waals surface area contributed by atoms with E-state index in [-0.39, 0.29) is 5.12 Å². The van der Waals surface area contributed by atoms with Crippen molar-refractivity contribution in [1.29, 1.82) is 0 Å². The van der Waals surface area contributed by atoms with Gasteiger partial charge in [0, 0.05) is 26.3 Å². The van der Waals surface area contributed by atoms with Crippen LogP contribution in [-0.2, 0) is 4.79 Å². The molecule has 12 heavy (non-hydrogen) atoms. The van der Waals surface area contributed by atoms with Gasteiger partial charge in [0.25, 0.3) is 0 Å². The van der Waals surface area contributed by atoms with Gasteiger partial charge in [-0.1, -0.05) is 24.0 Å². The van der Waals surface area contributed by atoms with Crippen LogP contribution in [0.5, 0.6) is 0 Å². The van der Waals surface area contributed by atoms with Crippen LogP contribution in [0.25, 0.3) is 0 Å². The molecule has 0 bridgehead atoms. The smallest absolute Gasteiger partial charge is 0.185 e. The molecule has 0 aromatic heterocycles. The first kappa shape index (κ1) is 11.9. The number of thioether (sulfide) groups is 1. The minimum atomic E-state index is 0.191. The molecule has 2 nitrogen and oxygen atoms in total. The first-order chi connectivity index (χ1) is 5.54. The molecule has 0 N–H and O–H groups in total. The zero-order chi connectivity index (χ0) is 9.56. The third-order valence-corrected chi connectivity index (χ3v) is 2.69. The average molecular weight is 205 g/mol. The summed E-state index contributed by atoms with van der Waals surface area (Å²) in [7, 11) is 1.97. The van der Waals surface area contributed by atoms with Gasteiger partial charge in [0.15, 0.2) is 5.12 Å². The second-order valence-corrected chi connectivity index (χ2v) is 4.50. The van der Waals surface area contributed by atoms with Crippen LogP contribution < -0.4 is 0 Å². The zero-order valence-corrected chi connectivity index (χ0v) is 9.43. The first-order valence-corrected chi connectivity index (χ1v) is 5.28. The lowest BCUT2D eigenvalue weighted by molar-refractivity contribution is -0.109. The number of rotatable bonds is 4. The molecule has 4 heteroatoms. The first-order valence-electron chi connectivity index (χ1n) is 3.89. The van der Waals surface area contributed by atoms with Crippen molar-refractivity contribution in [3.05, 3.63) is 0 Å². The lowest BCUT2D eigenvalue weighted by atomic mass is 10.4. The summed E-state index contributed by atoms with van der Waals surface area (Å²) in [5.41, 5.74) is 0. The summed E-state index contributed by atoms with van der Waals surface area (Å²) >= 11 is 6.35. The number of hydrogen-bond acceptors (Lipinski definition) is 3. The number of carbonyl (C=O) groups excluding carboxylic acids is 1. The molecule has 0 amide bonds. The molecule has 0 aromatic carbocycles. The van der Waals surface area contributed by atoms with Crippen LogP contribution in [0.2, 0.25) is 0 Å². The van der Waals surface area contributed by atoms with Crippen molar-refractivity contribution in [3.63, 3.8) is 0 Å². The van der Waals surface area contributed by atoms with E-state index in [9.17, 15) is 4.79 Å². The van der Waals surface area contributed by atoms with E-state index in [1.54, 1.807) is 6.92 Å². The summed E-state index contributed by atoms with van der Waals surface area (Å²) < 4.78 is 0. The van der Waals surface area contributed by atoms with Gasteiger partial charge in [0.1, 0.15) is 0 Å². The van der Waals surface area contributed by atoms with Gasteiger partial charge in [-0.25, -0.2) is 0 Å². The van der Waals surface area contributed by atoms with Crippen molar-refractivity contribution >= 4 is 34.1 Å². The molecular formula is C8H15NOS2. The standard InChI is InChI=1S/C8H15NOS2/c1-7(11)9(3)5-4-6-12-8(2)10/h4-6H2,1-3H3. The predicted molar refractivity (Wildman–Crippen MR) is 58.7 cm³/mol. The van der Waals surface area contributed by atoms with E-state index in [2.05, 4.69) is 0 Å². The van der Waals surface area contributed by atoms with Crippen LogP contribution in [0.3, 0.4) is 0 Å². The van der Waals surface area contributed by atoms with Gasteiger partial charge in [-0.3, -0.25) is 4.79 Å². The van der Waals surface area contributed by atoms with Gasteiger partial charge in [0.05, 0.1) is 4.99 Å². The van der Waals surface area contributed by atoms with Gasteiger partial charge in [-0.2, -0.15) is 0 Å². The molecule has 0 saturated heterocycles. The Kier molecular flexibility index (Phi) is 6.38. The lowest BCUT2D eigenvalue weighted by Crippen LogP contribution is -2.23. The van der Waals surface area contributed by atoms with Crippen LogP contribution in [0.1, 0.15) is 20.3 Å². The highest BCUT2D eigenvalue weighted by Gasteiger charge is 1.98. The summed E-state index contributed by atoms with van der Waals surface area (Å²) in [6, 6.07) is 0. The minimum Gasteiger partial charge on any atom is -0.369 e. The lowest BCUT2D eigenvalue weighted by Gasteiger charge is -2.16. The normalized spacial score (nSPS) is 9.58. The molecule has 0 heterocycles. The van der Waals surface area contributed by atoms with Gasteiger partial charge < -0.3 is 4.90 Å². The van der Waals surface area contributed by atoms with Crippen LogP contribution in [0, 0.1) is 0 Å². The van der Waals surface area contributed by atoms with E-state index in [1.807, 2.05) is 18.9 Å². The Morgan fingerprint density at radius 3 is 2.50 bits per heavy atom. The number of thiocarbonyl (C=S) groups is 1. The number of nitrogens with zero attached hydrogens (tertiary/aromatic N) is 1. The molecule has 0 aromatic rings. The van der Waals surface area contributed by atoms with Crippen molar-refractivity contribution in [2.24, 2.45) is 0 Å². The maximum Gasteiger partial charge on any atom is 0.185 e. The van der Waals surface area contributed by atoms with Crippen molar-refractivity contribution in [2.45, 2.75) is 20.3 Å². The number of hydrogen-bond donors (Lipinski definition) is 0. The Bertz CT molecular complexity index is 170. The van der Waals surface area contributed by atoms with Crippen molar-refractivity contribution in [2.75, 3.05) is 19.3 Å². The Labute approximate surface area is 83.7 Å². The molecule has 0 radical (unpaired) electrons. The Balaban J connectivity index is 3.31. The van der Waals surface area contributed by atoms with Gasteiger partial charge in [-0.15, -0.1) is 0 Å². The molecule has 0 saturated carbocycles. The third kappa shape index (κ3) is 6.61. The van der Waals surface area contributed by atoms with Crippen molar-refractivity contribution < 1.29 is 4.79 Å². The van der Waals surface area contributed by atoms with Crippen LogP contribution in [0.15, 0.2) is 0 Å². The second-order valence-electron chi connectivity index (χ2n) is 2.63. The Hall–Kier alpha value is -0.0900. The van der Waals surface area contributed by atoms with Crippen LogP contribution >= 0.6 is 24.0 Å². The maximum atomic E-state index is 10.5. The predicted octanol–water partition coefficient (Wildman–Crippen LogP) is 1.94. The topological polar surface area (TPSA) is 20.3 Å². The van der Waals surface area contributed by atoms with Crippen LogP contribution in [-0.4, -0.2) is 34.3 Å². The highest BCUT2D eigenvalue weighted by molar-refractivity contribution is 8.13. The summed E-state index contributed by atoms with van der Waals surface area (Å²) in [6.07, 6.45) is 1.01. The fraction of sp³-hybridized carbons (Fsp3) is 0.750. The monoisotopic (exact) mass is 205 g/mol. The molecule has 0 unspecified atom stereocenters. The molecule has 0 aliphatic heterocycles. The second kappa shape index (κ2) is 6.43. The van der Waals surface area contributed by atoms with E-state index in [0.29, 0.717) is 0 Å². The molecule has 0 aliphatic carbocycles. The maximum absolute atomic E-state index is 10.5. The minimum absolute atomic E-state index is 0.191. The zero-order valence-electron chi connectivity index (χ0n) is 7.79. The van der Waals surface area contributed by atoms with Gasteiger partial charge >= 0.3 is 0 Å². The molecule has 0 aliphatic rings.